The fraction of sp³-hybridized carbons (Fsp3) is 0. The molecule has 1 aromatic heterocycles. The highest BCUT2D eigenvalue weighted by molar-refractivity contribution is 5.81. The molecule has 1 heterocycles. The lowest BCUT2D eigenvalue weighted by Crippen LogP contribution is -2.12. The second-order valence-electron chi connectivity index (χ2n) is 2.83. The number of fused-ring (bicyclic) bond motifs is 1. The summed E-state index contributed by atoms with van der Waals surface area (Å²) >= 11 is 0. The zero-order valence-electron chi connectivity index (χ0n) is 7.27. The Hall–Kier alpha value is -1.99. The van der Waals surface area contributed by atoms with Gasteiger partial charge in [-0.05, 0) is 6.07 Å². The van der Waals surface area contributed by atoms with Gasteiger partial charge in [0.2, 0.25) is 0 Å². The molecular formula is C8H5FN3O3-. The molecule has 2 rings (SSSR count). The molecular weight excluding hydrogens is 205 g/mol. The van der Waals surface area contributed by atoms with E-state index >= 15 is 0 Å². The van der Waals surface area contributed by atoms with E-state index in [4.69, 9.17) is 5.21 Å². The summed E-state index contributed by atoms with van der Waals surface area (Å²) in [7, 11) is 0. The number of anilines is 1. The Morgan fingerprint density at radius 2 is 2.27 bits per heavy atom. The molecule has 15 heavy (non-hydrogen) atoms. The number of aromatic nitrogens is 2. The first-order valence-electron chi connectivity index (χ1n) is 3.92. The van der Waals surface area contributed by atoms with Crippen LogP contribution in [0.5, 0.6) is 0 Å². The van der Waals surface area contributed by atoms with Crippen molar-refractivity contribution < 1.29 is 9.60 Å². The molecule has 0 saturated carbocycles. The molecule has 0 amide bonds. The van der Waals surface area contributed by atoms with Gasteiger partial charge in [0.1, 0.15) is 5.82 Å². The van der Waals surface area contributed by atoms with Gasteiger partial charge in [-0.2, -0.15) is 0 Å². The van der Waals surface area contributed by atoms with E-state index < -0.39 is 22.3 Å². The highest BCUT2D eigenvalue weighted by Crippen LogP contribution is 2.21. The van der Waals surface area contributed by atoms with Crippen LogP contribution in [0.4, 0.5) is 10.1 Å². The van der Waals surface area contributed by atoms with Crippen LogP contribution in [-0.4, -0.2) is 15.2 Å². The van der Waals surface area contributed by atoms with E-state index in [1.54, 1.807) is 0 Å². The Balaban J connectivity index is 2.84. The summed E-state index contributed by atoms with van der Waals surface area (Å²) in [5.74, 6) is -0.946. The second-order valence-corrected chi connectivity index (χ2v) is 2.83. The van der Waals surface area contributed by atoms with Crippen LogP contribution in [0.3, 0.4) is 0 Å². The molecule has 78 valence electrons. The van der Waals surface area contributed by atoms with E-state index in [9.17, 15) is 14.4 Å². The van der Waals surface area contributed by atoms with Crippen LogP contribution in [0, 0.1) is 11.0 Å². The number of hydrogen-bond donors (Lipinski definition) is 2. The van der Waals surface area contributed by atoms with Gasteiger partial charge < -0.3 is 15.4 Å². The van der Waals surface area contributed by atoms with Crippen molar-refractivity contribution in [1.82, 2.24) is 9.97 Å². The third-order valence-electron chi connectivity index (χ3n) is 1.92. The van der Waals surface area contributed by atoms with Crippen LogP contribution in [0.1, 0.15) is 0 Å². The highest BCUT2D eigenvalue weighted by Gasteiger charge is 2.08. The normalized spacial score (nSPS) is 10.6. The van der Waals surface area contributed by atoms with Gasteiger partial charge in [-0.3, -0.25) is 10.0 Å². The number of nitrogens with zero attached hydrogens (tertiary/aromatic N) is 2. The first kappa shape index (κ1) is 9.56. The van der Waals surface area contributed by atoms with Gasteiger partial charge >= 0.3 is 0 Å². The van der Waals surface area contributed by atoms with Crippen molar-refractivity contribution in [3.63, 3.8) is 0 Å². The summed E-state index contributed by atoms with van der Waals surface area (Å²) in [5.41, 5.74) is -1.02. The maximum atomic E-state index is 13.1. The summed E-state index contributed by atoms with van der Waals surface area (Å²) < 4.78 is 13.1. The van der Waals surface area contributed by atoms with Gasteiger partial charge in [0.25, 0.3) is 5.56 Å². The van der Waals surface area contributed by atoms with Crippen molar-refractivity contribution in [2.45, 2.75) is 0 Å². The fourth-order valence-corrected chi connectivity index (χ4v) is 1.22. The van der Waals surface area contributed by atoms with Crippen molar-refractivity contribution in [3.05, 3.63) is 39.8 Å². The van der Waals surface area contributed by atoms with Crippen molar-refractivity contribution >= 4 is 16.6 Å². The van der Waals surface area contributed by atoms with Crippen molar-refractivity contribution in [3.8, 4) is 0 Å². The summed E-state index contributed by atoms with van der Waals surface area (Å²) in [4.78, 5) is 17.2. The smallest absolute Gasteiger partial charge is 0.258 e. The lowest BCUT2D eigenvalue weighted by Gasteiger charge is -2.22. The average Bonchev–Trinajstić information content (AvgIpc) is 2.16. The molecule has 0 aliphatic rings. The predicted molar refractivity (Wildman–Crippen MR) is 50.0 cm³/mol. The quantitative estimate of drug-likeness (QED) is 0.677. The number of nitrogens with one attached hydrogen (secondary N) is 1. The fourth-order valence-electron chi connectivity index (χ4n) is 1.22. The number of rotatable bonds is 1. The molecule has 0 fully saturated rings. The number of aromatic amines is 1. The minimum Gasteiger partial charge on any atom is -0.733 e. The van der Waals surface area contributed by atoms with Gasteiger partial charge in [0.15, 0.2) is 0 Å². The summed E-state index contributed by atoms with van der Waals surface area (Å²) in [6.07, 6.45) is 1.12. The second kappa shape index (κ2) is 3.30. The third kappa shape index (κ3) is 1.53. The van der Waals surface area contributed by atoms with E-state index in [-0.39, 0.29) is 10.9 Å². The molecule has 0 aliphatic carbocycles. The van der Waals surface area contributed by atoms with E-state index in [0.717, 1.165) is 18.5 Å². The van der Waals surface area contributed by atoms with E-state index in [1.807, 2.05) is 0 Å². The minimum absolute atomic E-state index is 0.0313. The van der Waals surface area contributed by atoms with E-state index in [1.165, 1.54) is 0 Å². The summed E-state index contributed by atoms with van der Waals surface area (Å²) in [6.45, 7) is 0. The van der Waals surface area contributed by atoms with Crippen molar-refractivity contribution in [2.24, 2.45) is 0 Å². The zero-order chi connectivity index (χ0) is 11.0. The topological polar surface area (TPSA) is 92.3 Å². The Labute approximate surface area is 82.1 Å². The molecule has 0 unspecified atom stereocenters. The van der Waals surface area contributed by atoms with Crippen LogP contribution in [0.25, 0.3) is 10.9 Å². The standard InChI is InChI=1S/C8H5FN3O3/c9-5-2-6-4(1-7(5)12(14)15)8(13)11-3-10-6/h1-3,14H,(H,10,11,13)/q-1. The Morgan fingerprint density at radius 3 is 2.93 bits per heavy atom. The van der Waals surface area contributed by atoms with Crippen LogP contribution in [0.15, 0.2) is 23.3 Å². The molecule has 0 spiro atoms. The zero-order valence-corrected chi connectivity index (χ0v) is 7.27. The molecule has 7 heteroatoms. The minimum atomic E-state index is -0.946. The SMILES string of the molecule is O=c1[nH]cnc2cc(F)c(N([O-])O)cc12. The first-order chi connectivity index (χ1) is 7.09. The Kier molecular flexibility index (Phi) is 2.10. The monoisotopic (exact) mass is 210 g/mol. The first-order valence-corrected chi connectivity index (χ1v) is 3.92. The molecule has 0 bridgehead atoms. The van der Waals surface area contributed by atoms with E-state index in [2.05, 4.69) is 9.97 Å². The average molecular weight is 210 g/mol. The van der Waals surface area contributed by atoms with Crippen molar-refractivity contribution in [1.29, 1.82) is 0 Å². The van der Waals surface area contributed by atoms with Crippen LogP contribution < -0.4 is 10.8 Å². The van der Waals surface area contributed by atoms with Gasteiger partial charge in [-0.15, -0.1) is 0 Å². The van der Waals surface area contributed by atoms with Crippen LogP contribution in [-0.2, 0) is 0 Å². The molecule has 2 aromatic rings. The Morgan fingerprint density at radius 1 is 1.53 bits per heavy atom. The number of H-pyrrole nitrogens is 1. The Bertz CT molecular complexity index is 567. The van der Waals surface area contributed by atoms with Gasteiger partial charge in [-0.1, -0.05) is 0 Å². The number of halogens is 1. The third-order valence-corrected chi connectivity index (χ3v) is 1.92. The van der Waals surface area contributed by atoms with Gasteiger partial charge in [0, 0.05) is 6.07 Å². The molecule has 0 saturated heterocycles. The molecule has 2 N–H and O–H groups in total. The highest BCUT2D eigenvalue weighted by atomic mass is 19.1. The van der Waals surface area contributed by atoms with Crippen molar-refractivity contribution in [2.75, 3.05) is 5.23 Å². The van der Waals surface area contributed by atoms with Crippen LogP contribution in [0.2, 0.25) is 0 Å². The maximum absolute atomic E-state index is 13.1. The lowest BCUT2D eigenvalue weighted by atomic mass is 10.2. The molecule has 0 aliphatic heterocycles. The molecule has 6 nitrogen and oxygen atoms in total. The molecule has 0 radical (unpaired) electrons. The summed E-state index contributed by atoms with van der Waals surface area (Å²) in [5, 5.41) is 18.5. The van der Waals surface area contributed by atoms with E-state index in [0.29, 0.717) is 0 Å². The van der Waals surface area contributed by atoms with Crippen LogP contribution >= 0.6 is 0 Å². The summed E-state index contributed by atoms with van der Waals surface area (Å²) in [6, 6.07) is 1.84. The molecule has 1 aromatic carbocycles. The lowest BCUT2D eigenvalue weighted by molar-refractivity contribution is 0.292. The largest absolute Gasteiger partial charge is 0.733 e. The molecule has 0 atom stereocenters. The number of hydrogen-bond acceptors (Lipinski definition) is 5. The van der Waals surface area contributed by atoms with Gasteiger partial charge in [-0.25, -0.2) is 9.37 Å². The number of benzene rings is 1. The maximum Gasteiger partial charge on any atom is 0.258 e. The predicted octanol–water partition coefficient (Wildman–Crippen LogP) is 0.756. The van der Waals surface area contributed by atoms with Gasteiger partial charge in [0.05, 0.1) is 22.9 Å².